The van der Waals surface area contributed by atoms with E-state index in [1.165, 1.54) is 13.8 Å². The number of ether oxygens (including phenoxy) is 4. The van der Waals surface area contributed by atoms with Crippen LogP contribution in [0.4, 0.5) is 0 Å². The molecule has 0 aliphatic carbocycles. The second kappa shape index (κ2) is 14.1. The third-order valence-corrected chi connectivity index (χ3v) is 5.45. The minimum atomic E-state index is -1.82. The number of ketones is 1. The molecule has 9 nitrogen and oxygen atoms in total. The van der Waals surface area contributed by atoms with Crippen molar-refractivity contribution in [1.29, 1.82) is 0 Å². The summed E-state index contributed by atoms with van der Waals surface area (Å²) in [6.07, 6.45) is 2.12. The van der Waals surface area contributed by atoms with Crippen molar-refractivity contribution >= 4 is 17.7 Å². The number of hydrogen-bond donors (Lipinski definition) is 2. The van der Waals surface area contributed by atoms with E-state index < -0.39 is 28.9 Å². The average molecular weight is 527 g/mol. The summed E-state index contributed by atoms with van der Waals surface area (Å²) < 4.78 is 20.7. The number of benzene rings is 2. The summed E-state index contributed by atoms with van der Waals surface area (Å²) >= 11 is 0. The second-order valence-electron chi connectivity index (χ2n) is 8.96. The highest BCUT2D eigenvalue weighted by atomic mass is 16.6. The summed E-state index contributed by atoms with van der Waals surface area (Å²) in [7, 11) is 0. The van der Waals surface area contributed by atoms with Crippen LogP contribution < -0.4 is 9.47 Å². The van der Waals surface area contributed by atoms with Crippen LogP contribution in [0.15, 0.2) is 73.8 Å². The number of hydrogen-bond acceptors (Lipinski definition) is 9. The Morgan fingerprint density at radius 2 is 1.03 bits per heavy atom. The molecule has 204 valence electrons. The molecule has 0 aliphatic rings. The molecule has 0 aromatic heterocycles. The van der Waals surface area contributed by atoms with Gasteiger partial charge in [-0.15, -0.1) is 0 Å². The first-order valence-electron chi connectivity index (χ1n) is 12.0. The van der Waals surface area contributed by atoms with Crippen molar-refractivity contribution in [2.75, 3.05) is 26.4 Å². The van der Waals surface area contributed by atoms with Gasteiger partial charge in [-0.3, -0.25) is 4.79 Å². The zero-order valence-corrected chi connectivity index (χ0v) is 21.7. The van der Waals surface area contributed by atoms with Crippen molar-refractivity contribution in [3.63, 3.8) is 0 Å². The summed E-state index contributed by atoms with van der Waals surface area (Å²) in [5.74, 6) is -0.700. The standard InChI is InChI=1S/C29H34O9/c1-5-25(30)37-17-15-35-23-11-7-21(8-12-23)19-28(3,33)27(32)29(4,34)20-22-9-13-24(14-10-22)36-16-18-38-26(31)6-2/h5-14,33-34H,1-2,15-20H2,3-4H3. The van der Waals surface area contributed by atoms with Crippen LogP contribution in [-0.4, -0.2) is 65.6 Å². The smallest absolute Gasteiger partial charge is 0.330 e. The average Bonchev–Trinajstić information content (AvgIpc) is 2.89. The Morgan fingerprint density at radius 3 is 1.34 bits per heavy atom. The molecule has 0 heterocycles. The molecule has 0 radical (unpaired) electrons. The van der Waals surface area contributed by atoms with Gasteiger partial charge in [-0.2, -0.15) is 0 Å². The maximum absolute atomic E-state index is 13.1. The number of rotatable bonds is 16. The van der Waals surface area contributed by atoms with E-state index in [1.54, 1.807) is 48.5 Å². The van der Waals surface area contributed by atoms with Crippen LogP contribution >= 0.6 is 0 Å². The molecule has 0 amide bonds. The van der Waals surface area contributed by atoms with Gasteiger partial charge in [0.2, 0.25) is 0 Å². The summed E-state index contributed by atoms with van der Waals surface area (Å²) in [6, 6.07) is 13.5. The van der Waals surface area contributed by atoms with E-state index in [4.69, 9.17) is 18.9 Å². The van der Waals surface area contributed by atoms with Gasteiger partial charge in [0.15, 0.2) is 5.78 Å². The Labute approximate surface area is 222 Å². The minimum absolute atomic E-state index is 0.0115. The van der Waals surface area contributed by atoms with Crippen LogP contribution in [0.3, 0.4) is 0 Å². The van der Waals surface area contributed by atoms with Crippen molar-refractivity contribution in [3.05, 3.63) is 85.0 Å². The fraction of sp³-hybridized carbons (Fsp3) is 0.345. The topological polar surface area (TPSA) is 129 Å². The predicted molar refractivity (Wildman–Crippen MR) is 140 cm³/mol. The van der Waals surface area contributed by atoms with Crippen molar-refractivity contribution in [2.24, 2.45) is 0 Å². The van der Waals surface area contributed by atoms with Gasteiger partial charge >= 0.3 is 11.9 Å². The molecule has 2 aromatic carbocycles. The van der Waals surface area contributed by atoms with Gasteiger partial charge in [-0.25, -0.2) is 9.59 Å². The van der Waals surface area contributed by atoms with Crippen LogP contribution in [-0.2, 0) is 36.7 Å². The lowest BCUT2D eigenvalue weighted by atomic mass is 9.80. The lowest BCUT2D eigenvalue weighted by Gasteiger charge is -2.31. The molecule has 0 spiro atoms. The van der Waals surface area contributed by atoms with E-state index in [9.17, 15) is 24.6 Å². The highest BCUT2D eigenvalue weighted by Crippen LogP contribution is 2.26. The monoisotopic (exact) mass is 526 g/mol. The van der Waals surface area contributed by atoms with E-state index >= 15 is 0 Å². The molecule has 38 heavy (non-hydrogen) atoms. The van der Waals surface area contributed by atoms with Gasteiger partial charge in [0, 0.05) is 25.0 Å². The van der Waals surface area contributed by atoms with E-state index in [0.717, 1.165) is 12.2 Å². The summed E-state index contributed by atoms with van der Waals surface area (Å²) in [6.45, 7) is 9.85. The molecule has 2 unspecified atom stereocenters. The third-order valence-electron chi connectivity index (χ3n) is 5.45. The lowest BCUT2D eigenvalue weighted by molar-refractivity contribution is -0.153. The van der Waals surface area contributed by atoms with E-state index in [1.807, 2.05) is 0 Å². The molecule has 9 heteroatoms. The molecule has 0 bridgehead atoms. The van der Waals surface area contributed by atoms with Gasteiger partial charge in [-0.05, 0) is 49.2 Å². The fourth-order valence-corrected chi connectivity index (χ4v) is 3.66. The highest BCUT2D eigenvalue weighted by molar-refractivity contribution is 5.94. The quantitative estimate of drug-likeness (QED) is 0.193. The van der Waals surface area contributed by atoms with Gasteiger partial charge in [0.05, 0.1) is 0 Å². The third kappa shape index (κ3) is 9.84. The lowest BCUT2D eigenvalue weighted by Crippen LogP contribution is -2.52. The molecule has 0 fully saturated rings. The zero-order chi connectivity index (χ0) is 28.2. The Kier molecular flexibility index (Phi) is 11.2. The first kappa shape index (κ1) is 30.3. The number of esters is 2. The maximum atomic E-state index is 13.1. The Balaban J connectivity index is 1.89. The van der Waals surface area contributed by atoms with E-state index in [-0.39, 0.29) is 39.3 Å². The normalized spacial score (nSPS) is 13.8. The number of carbonyl (C=O) groups is 3. The Hall–Kier alpha value is -3.95. The zero-order valence-electron chi connectivity index (χ0n) is 21.7. The van der Waals surface area contributed by atoms with Crippen molar-refractivity contribution < 1.29 is 43.5 Å². The van der Waals surface area contributed by atoms with Gasteiger partial charge in [0.1, 0.15) is 49.1 Å². The van der Waals surface area contributed by atoms with Crippen LogP contribution in [0.2, 0.25) is 0 Å². The maximum Gasteiger partial charge on any atom is 0.330 e. The van der Waals surface area contributed by atoms with Crippen molar-refractivity contribution in [2.45, 2.75) is 37.9 Å². The Morgan fingerprint density at radius 1 is 0.684 bits per heavy atom. The largest absolute Gasteiger partial charge is 0.490 e. The van der Waals surface area contributed by atoms with E-state index in [0.29, 0.717) is 22.6 Å². The molecular weight excluding hydrogens is 492 g/mol. The number of Topliss-reactive ketones (excluding diaryl/α,β-unsaturated/α-hetero) is 1. The minimum Gasteiger partial charge on any atom is -0.490 e. The predicted octanol–water partition coefficient (Wildman–Crippen LogP) is 2.76. The van der Waals surface area contributed by atoms with Crippen LogP contribution in [0, 0.1) is 0 Å². The molecule has 0 saturated heterocycles. The number of carbonyl (C=O) groups excluding carboxylic acids is 3. The molecule has 2 N–H and O–H groups in total. The van der Waals surface area contributed by atoms with Gasteiger partial charge in [-0.1, -0.05) is 37.4 Å². The molecule has 2 rings (SSSR count). The number of aliphatic hydroxyl groups is 2. The summed E-state index contributed by atoms with van der Waals surface area (Å²) in [5.41, 5.74) is -2.30. The highest BCUT2D eigenvalue weighted by Gasteiger charge is 2.42. The SMILES string of the molecule is C=CC(=O)OCCOc1ccc(CC(C)(O)C(=O)C(C)(O)Cc2ccc(OCCOC(=O)C=C)cc2)cc1. The fourth-order valence-electron chi connectivity index (χ4n) is 3.66. The Bertz CT molecular complexity index is 1010. The van der Waals surface area contributed by atoms with Crippen LogP contribution in [0.1, 0.15) is 25.0 Å². The summed E-state index contributed by atoms with van der Waals surface area (Å²) in [5, 5.41) is 21.9. The van der Waals surface area contributed by atoms with Gasteiger partial charge in [0.25, 0.3) is 0 Å². The summed E-state index contributed by atoms with van der Waals surface area (Å²) in [4.78, 5) is 35.1. The second-order valence-corrected chi connectivity index (χ2v) is 8.96. The van der Waals surface area contributed by atoms with Crippen molar-refractivity contribution in [1.82, 2.24) is 0 Å². The molecular formula is C29H34O9. The molecule has 2 aromatic rings. The molecule has 0 aliphatic heterocycles. The van der Waals surface area contributed by atoms with E-state index in [2.05, 4.69) is 13.2 Å². The van der Waals surface area contributed by atoms with Crippen molar-refractivity contribution in [3.8, 4) is 11.5 Å². The van der Waals surface area contributed by atoms with Crippen LogP contribution in [0.25, 0.3) is 0 Å². The first-order valence-corrected chi connectivity index (χ1v) is 12.0. The van der Waals surface area contributed by atoms with Crippen LogP contribution in [0.5, 0.6) is 11.5 Å². The first-order chi connectivity index (χ1) is 18.0. The van der Waals surface area contributed by atoms with Gasteiger partial charge < -0.3 is 29.2 Å². The molecule has 0 saturated carbocycles. The molecule has 2 atom stereocenters.